The molecule has 94 valence electrons. The molecule has 1 heterocycles. The van der Waals surface area contributed by atoms with Crippen molar-refractivity contribution in [2.75, 3.05) is 6.61 Å². The first-order chi connectivity index (χ1) is 8.22. The molecule has 0 saturated carbocycles. The highest BCUT2D eigenvalue weighted by atomic mass is 16.7. The number of hydrogen-bond donors (Lipinski definition) is 3. The zero-order valence-electron chi connectivity index (χ0n) is 9.27. The number of aliphatic hydroxyl groups is 3. The molecule has 1 aliphatic heterocycles. The molecule has 1 saturated heterocycles. The fourth-order valence-electron chi connectivity index (χ4n) is 1.76. The second kappa shape index (κ2) is 5.57. The predicted octanol–water partition coefficient (Wildman–Crippen LogP) is -0.358. The monoisotopic (exact) mass is 240 g/mol. The maximum absolute atomic E-state index is 9.63. The molecule has 3 N–H and O–H groups in total. The fraction of sp³-hybridized carbons (Fsp3) is 0.500. The Labute approximate surface area is 99.2 Å². The molecule has 0 aromatic heterocycles. The lowest BCUT2D eigenvalue weighted by Crippen LogP contribution is -2.34. The first-order valence-electron chi connectivity index (χ1n) is 5.50. The van der Waals surface area contributed by atoms with Crippen molar-refractivity contribution in [3.63, 3.8) is 0 Å². The van der Waals surface area contributed by atoms with E-state index < -0.39 is 24.6 Å². The van der Waals surface area contributed by atoms with E-state index in [2.05, 4.69) is 0 Å². The molecule has 0 bridgehead atoms. The third-order valence-electron chi connectivity index (χ3n) is 2.76. The number of aliphatic hydroxyl groups excluding tert-OH is 3. The molecule has 2 rings (SSSR count). The van der Waals surface area contributed by atoms with Gasteiger partial charge in [-0.1, -0.05) is 30.3 Å². The van der Waals surface area contributed by atoms with Crippen molar-refractivity contribution in [2.45, 2.75) is 31.2 Å². The first-order valence-corrected chi connectivity index (χ1v) is 5.50. The van der Waals surface area contributed by atoms with E-state index in [4.69, 9.17) is 14.6 Å². The van der Waals surface area contributed by atoms with E-state index in [1.807, 2.05) is 30.3 Å². The Balaban J connectivity index is 1.88. The summed E-state index contributed by atoms with van der Waals surface area (Å²) in [5, 5.41) is 28.0. The molecule has 5 nitrogen and oxygen atoms in total. The van der Waals surface area contributed by atoms with Crippen LogP contribution < -0.4 is 0 Å². The van der Waals surface area contributed by atoms with Gasteiger partial charge in [0.2, 0.25) is 0 Å². The average molecular weight is 240 g/mol. The van der Waals surface area contributed by atoms with Crippen LogP contribution in [-0.4, -0.2) is 46.5 Å². The first kappa shape index (κ1) is 12.5. The van der Waals surface area contributed by atoms with Gasteiger partial charge in [-0.05, 0) is 5.56 Å². The van der Waals surface area contributed by atoms with E-state index in [-0.39, 0.29) is 13.2 Å². The summed E-state index contributed by atoms with van der Waals surface area (Å²) < 4.78 is 10.5. The van der Waals surface area contributed by atoms with Gasteiger partial charge in [0.05, 0.1) is 13.2 Å². The summed E-state index contributed by atoms with van der Waals surface area (Å²) in [6, 6.07) is 9.45. The summed E-state index contributed by atoms with van der Waals surface area (Å²) >= 11 is 0. The molecular formula is C12H16O5. The van der Waals surface area contributed by atoms with Crippen LogP contribution in [0.5, 0.6) is 0 Å². The SMILES string of the molecule is OC[C@@H]1O[C@H](OCc2ccccc2)[C@@H](O)[C@H]1O. The highest BCUT2D eigenvalue weighted by molar-refractivity contribution is 5.13. The van der Waals surface area contributed by atoms with Crippen molar-refractivity contribution in [3.05, 3.63) is 35.9 Å². The van der Waals surface area contributed by atoms with E-state index in [0.717, 1.165) is 5.56 Å². The number of rotatable bonds is 4. The maximum Gasteiger partial charge on any atom is 0.187 e. The van der Waals surface area contributed by atoms with E-state index in [9.17, 15) is 10.2 Å². The van der Waals surface area contributed by atoms with Crippen molar-refractivity contribution < 1.29 is 24.8 Å². The maximum atomic E-state index is 9.63. The lowest BCUT2D eigenvalue weighted by molar-refractivity contribution is -0.175. The summed E-state index contributed by atoms with van der Waals surface area (Å²) in [5.74, 6) is 0. The Kier molecular flexibility index (Phi) is 4.09. The molecule has 1 fully saturated rings. The minimum atomic E-state index is -1.13. The van der Waals surface area contributed by atoms with E-state index >= 15 is 0 Å². The minimum Gasteiger partial charge on any atom is -0.394 e. The topological polar surface area (TPSA) is 79.2 Å². The molecule has 1 aliphatic rings. The zero-order chi connectivity index (χ0) is 12.3. The van der Waals surface area contributed by atoms with Crippen LogP contribution in [0.25, 0.3) is 0 Å². The molecule has 0 aliphatic carbocycles. The third-order valence-corrected chi connectivity index (χ3v) is 2.76. The zero-order valence-corrected chi connectivity index (χ0v) is 9.27. The Hall–Kier alpha value is -0.980. The normalized spacial score (nSPS) is 32.9. The van der Waals surface area contributed by atoms with E-state index in [1.165, 1.54) is 0 Å². The summed E-state index contributed by atoms with van der Waals surface area (Å²) in [7, 11) is 0. The quantitative estimate of drug-likeness (QED) is 0.670. The standard InChI is InChI=1S/C12H16O5/c13-6-9-10(14)11(15)12(17-9)16-7-8-4-2-1-3-5-8/h1-5,9-15H,6-7H2/t9-,10-,11-,12-/m0/s1. The molecular weight excluding hydrogens is 224 g/mol. The molecule has 0 unspecified atom stereocenters. The number of ether oxygens (including phenoxy) is 2. The minimum absolute atomic E-state index is 0.285. The van der Waals surface area contributed by atoms with Gasteiger partial charge in [0.1, 0.15) is 18.3 Å². The lowest BCUT2D eigenvalue weighted by atomic mass is 10.1. The summed E-state index contributed by atoms with van der Waals surface area (Å²) in [5.41, 5.74) is 0.949. The summed E-state index contributed by atoms with van der Waals surface area (Å²) in [6.07, 6.45) is -3.93. The highest BCUT2D eigenvalue weighted by Gasteiger charge is 2.42. The molecule has 1 aromatic rings. The number of benzene rings is 1. The molecule has 4 atom stereocenters. The van der Waals surface area contributed by atoms with E-state index in [1.54, 1.807) is 0 Å². The second-order valence-electron chi connectivity index (χ2n) is 4.00. The van der Waals surface area contributed by atoms with Gasteiger partial charge in [-0.3, -0.25) is 0 Å². The molecule has 17 heavy (non-hydrogen) atoms. The summed E-state index contributed by atoms with van der Waals surface area (Å²) in [4.78, 5) is 0. The van der Waals surface area contributed by atoms with Crippen LogP contribution in [0, 0.1) is 0 Å². The second-order valence-corrected chi connectivity index (χ2v) is 4.00. The van der Waals surface area contributed by atoms with Crippen molar-refractivity contribution in [3.8, 4) is 0 Å². The average Bonchev–Trinajstić information content (AvgIpc) is 2.65. The Morgan fingerprint density at radius 2 is 1.82 bits per heavy atom. The molecule has 0 amide bonds. The van der Waals surface area contributed by atoms with Crippen LogP contribution in [0.3, 0.4) is 0 Å². The van der Waals surface area contributed by atoms with Crippen LogP contribution in [0.4, 0.5) is 0 Å². The van der Waals surface area contributed by atoms with Crippen LogP contribution in [0.1, 0.15) is 5.56 Å². The highest BCUT2D eigenvalue weighted by Crippen LogP contribution is 2.22. The molecule has 1 aromatic carbocycles. The van der Waals surface area contributed by atoms with Crippen molar-refractivity contribution in [1.29, 1.82) is 0 Å². The third kappa shape index (κ3) is 2.83. The van der Waals surface area contributed by atoms with Gasteiger partial charge in [-0.15, -0.1) is 0 Å². The van der Waals surface area contributed by atoms with Crippen molar-refractivity contribution in [1.82, 2.24) is 0 Å². The van der Waals surface area contributed by atoms with Crippen molar-refractivity contribution in [2.24, 2.45) is 0 Å². The van der Waals surface area contributed by atoms with Gasteiger partial charge in [-0.2, -0.15) is 0 Å². The lowest BCUT2D eigenvalue weighted by Gasteiger charge is -2.15. The Morgan fingerprint density at radius 1 is 1.12 bits per heavy atom. The van der Waals surface area contributed by atoms with Crippen LogP contribution in [0.2, 0.25) is 0 Å². The van der Waals surface area contributed by atoms with Gasteiger partial charge >= 0.3 is 0 Å². The van der Waals surface area contributed by atoms with Gasteiger partial charge in [0.25, 0.3) is 0 Å². The molecule has 0 spiro atoms. The number of hydrogen-bond acceptors (Lipinski definition) is 5. The fourth-order valence-corrected chi connectivity index (χ4v) is 1.76. The van der Waals surface area contributed by atoms with Gasteiger partial charge < -0.3 is 24.8 Å². The van der Waals surface area contributed by atoms with E-state index in [0.29, 0.717) is 0 Å². The smallest absolute Gasteiger partial charge is 0.187 e. The summed E-state index contributed by atoms with van der Waals surface area (Å²) in [6.45, 7) is -0.0587. The Bertz CT molecular complexity index is 342. The largest absolute Gasteiger partial charge is 0.394 e. The van der Waals surface area contributed by atoms with Crippen LogP contribution in [-0.2, 0) is 16.1 Å². The molecule has 0 radical (unpaired) electrons. The van der Waals surface area contributed by atoms with Gasteiger partial charge in [-0.25, -0.2) is 0 Å². The van der Waals surface area contributed by atoms with Crippen LogP contribution >= 0.6 is 0 Å². The van der Waals surface area contributed by atoms with Gasteiger partial charge in [0, 0.05) is 0 Å². The van der Waals surface area contributed by atoms with Crippen molar-refractivity contribution >= 4 is 0 Å². The predicted molar refractivity (Wildman–Crippen MR) is 59.0 cm³/mol. The Morgan fingerprint density at radius 3 is 2.41 bits per heavy atom. The molecule has 5 heteroatoms. The van der Waals surface area contributed by atoms with Crippen LogP contribution in [0.15, 0.2) is 30.3 Å². The van der Waals surface area contributed by atoms with Gasteiger partial charge in [0.15, 0.2) is 6.29 Å².